The van der Waals surface area contributed by atoms with Crippen molar-refractivity contribution in [2.24, 2.45) is 0 Å². The predicted molar refractivity (Wildman–Crippen MR) is 88.4 cm³/mol. The SMILES string of the molecule is C=CCC1(CC=C)CC(OC)CC(CC=C)(CC=C)N1O. The van der Waals surface area contributed by atoms with Crippen LogP contribution in [0.15, 0.2) is 50.6 Å². The molecule has 0 aromatic rings. The molecular weight excluding hydrogens is 262 g/mol. The Labute approximate surface area is 129 Å². The first kappa shape index (κ1) is 17.9. The average molecular weight is 291 g/mol. The summed E-state index contributed by atoms with van der Waals surface area (Å²) < 4.78 is 5.66. The van der Waals surface area contributed by atoms with E-state index in [-0.39, 0.29) is 6.10 Å². The van der Waals surface area contributed by atoms with Gasteiger partial charge in [0.15, 0.2) is 0 Å². The Kier molecular flexibility index (Phi) is 6.59. The summed E-state index contributed by atoms with van der Waals surface area (Å²) in [5.74, 6) is 0. The molecule has 1 saturated heterocycles. The lowest BCUT2D eigenvalue weighted by Crippen LogP contribution is -2.65. The molecule has 1 aliphatic rings. The summed E-state index contributed by atoms with van der Waals surface area (Å²) in [6.07, 6.45) is 11.8. The molecule has 1 heterocycles. The van der Waals surface area contributed by atoms with Crippen molar-refractivity contribution in [1.29, 1.82) is 0 Å². The van der Waals surface area contributed by atoms with E-state index in [4.69, 9.17) is 4.74 Å². The molecule has 0 radical (unpaired) electrons. The molecule has 0 bridgehead atoms. The molecule has 1 rings (SSSR count). The average Bonchev–Trinajstić information content (AvgIpc) is 2.45. The minimum atomic E-state index is -0.422. The van der Waals surface area contributed by atoms with Crippen molar-refractivity contribution in [3.05, 3.63) is 50.6 Å². The Bertz CT molecular complexity index is 335. The van der Waals surface area contributed by atoms with Crippen LogP contribution in [0.1, 0.15) is 38.5 Å². The van der Waals surface area contributed by atoms with Gasteiger partial charge in [-0.15, -0.1) is 26.3 Å². The van der Waals surface area contributed by atoms with E-state index in [0.717, 1.165) is 12.8 Å². The van der Waals surface area contributed by atoms with Gasteiger partial charge in [-0.1, -0.05) is 24.3 Å². The van der Waals surface area contributed by atoms with E-state index < -0.39 is 11.1 Å². The van der Waals surface area contributed by atoms with Crippen molar-refractivity contribution in [2.45, 2.75) is 55.7 Å². The van der Waals surface area contributed by atoms with Crippen molar-refractivity contribution >= 4 is 0 Å². The molecule has 0 aromatic heterocycles. The van der Waals surface area contributed by atoms with Gasteiger partial charge in [0.05, 0.1) is 17.2 Å². The third-order valence-electron chi connectivity index (χ3n) is 4.54. The van der Waals surface area contributed by atoms with E-state index in [0.29, 0.717) is 25.7 Å². The summed E-state index contributed by atoms with van der Waals surface area (Å²) >= 11 is 0. The second-order valence-corrected chi connectivity index (χ2v) is 6.00. The highest BCUT2D eigenvalue weighted by Crippen LogP contribution is 2.46. The quantitative estimate of drug-likeness (QED) is 0.644. The van der Waals surface area contributed by atoms with Crippen molar-refractivity contribution in [3.8, 4) is 0 Å². The van der Waals surface area contributed by atoms with Crippen LogP contribution < -0.4 is 0 Å². The lowest BCUT2D eigenvalue weighted by molar-refractivity contribution is -0.276. The third-order valence-corrected chi connectivity index (χ3v) is 4.54. The number of piperidine rings is 1. The number of hydrogen-bond acceptors (Lipinski definition) is 3. The summed E-state index contributed by atoms with van der Waals surface area (Å²) in [4.78, 5) is 0. The monoisotopic (exact) mass is 291 g/mol. The normalized spacial score (nSPS) is 21.6. The maximum atomic E-state index is 11.1. The lowest BCUT2D eigenvalue weighted by Gasteiger charge is -2.56. The first-order valence-corrected chi connectivity index (χ1v) is 7.49. The maximum absolute atomic E-state index is 11.1. The van der Waals surface area contributed by atoms with E-state index in [1.807, 2.05) is 24.3 Å². The smallest absolute Gasteiger partial charge is 0.0608 e. The van der Waals surface area contributed by atoms with E-state index in [1.165, 1.54) is 5.06 Å². The van der Waals surface area contributed by atoms with Gasteiger partial charge in [-0.05, 0) is 38.5 Å². The van der Waals surface area contributed by atoms with Crippen LogP contribution in [0.3, 0.4) is 0 Å². The fraction of sp³-hybridized carbons (Fsp3) is 0.556. The summed E-state index contributed by atoms with van der Waals surface area (Å²) in [6, 6.07) is 0. The molecule has 118 valence electrons. The van der Waals surface area contributed by atoms with Crippen molar-refractivity contribution in [3.63, 3.8) is 0 Å². The van der Waals surface area contributed by atoms with Crippen LogP contribution in [0.2, 0.25) is 0 Å². The van der Waals surface area contributed by atoms with Gasteiger partial charge in [0.2, 0.25) is 0 Å². The number of hydroxylamine groups is 2. The molecule has 0 unspecified atom stereocenters. The van der Waals surface area contributed by atoms with Crippen molar-refractivity contribution in [1.82, 2.24) is 5.06 Å². The summed E-state index contributed by atoms with van der Waals surface area (Å²) in [7, 11) is 1.73. The van der Waals surface area contributed by atoms with E-state index in [9.17, 15) is 5.21 Å². The second-order valence-electron chi connectivity index (χ2n) is 6.00. The molecule has 1 fully saturated rings. The molecule has 0 aromatic carbocycles. The van der Waals surface area contributed by atoms with Gasteiger partial charge in [0.25, 0.3) is 0 Å². The molecule has 0 saturated carbocycles. The predicted octanol–water partition coefficient (Wildman–Crippen LogP) is 4.27. The van der Waals surface area contributed by atoms with Gasteiger partial charge in [0.1, 0.15) is 0 Å². The Morgan fingerprint density at radius 1 is 0.952 bits per heavy atom. The summed E-state index contributed by atoms with van der Waals surface area (Å²) in [5, 5.41) is 12.6. The number of hydrogen-bond donors (Lipinski definition) is 1. The molecular formula is C18H29NO2. The van der Waals surface area contributed by atoms with Crippen LogP contribution in [-0.4, -0.2) is 34.6 Å². The molecule has 0 aliphatic carbocycles. The van der Waals surface area contributed by atoms with Crippen LogP contribution >= 0.6 is 0 Å². The zero-order chi connectivity index (χ0) is 15.9. The Hall–Kier alpha value is -1.16. The first-order chi connectivity index (χ1) is 10.0. The fourth-order valence-electron chi connectivity index (χ4n) is 3.68. The minimum Gasteiger partial charge on any atom is -0.381 e. The molecule has 3 heteroatoms. The van der Waals surface area contributed by atoms with Crippen LogP contribution in [0, 0.1) is 0 Å². The van der Waals surface area contributed by atoms with Crippen LogP contribution in [0.25, 0.3) is 0 Å². The van der Waals surface area contributed by atoms with Gasteiger partial charge in [0, 0.05) is 7.11 Å². The maximum Gasteiger partial charge on any atom is 0.0608 e. The van der Waals surface area contributed by atoms with Crippen LogP contribution in [0.5, 0.6) is 0 Å². The highest BCUT2D eigenvalue weighted by Gasteiger charge is 2.52. The van der Waals surface area contributed by atoms with E-state index >= 15 is 0 Å². The lowest BCUT2D eigenvalue weighted by atomic mass is 9.71. The summed E-state index contributed by atoms with van der Waals surface area (Å²) in [5.41, 5.74) is -0.844. The van der Waals surface area contributed by atoms with Crippen LogP contribution in [-0.2, 0) is 4.74 Å². The highest BCUT2D eigenvalue weighted by atomic mass is 16.5. The molecule has 0 atom stereocenters. The highest BCUT2D eigenvalue weighted by molar-refractivity contribution is 5.11. The molecule has 0 spiro atoms. The number of methoxy groups -OCH3 is 1. The fourth-order valence-corrected chi connectivity index (χ4v) is 3.68. The molecule has 1 aliphatic heterocycles. The number of nitrogens with zero attached hydrogens (tertiary/aromatic N) is 1. The molecule has 21 heavy (non-hydrogen) atoms. The van der Waals surface area contributed by atoms with E-state index in [1.54, 1.807) is 7.11 Å². The Morgan fingerprint density at radius 3 is 1.52 bits per heavy atom. The van der Waals surface area contributed by atoms with Gasteiger partial charge in [-0.25, -0.2) is 0 Å². The zero-order valence-corrected chi connectivity index (χ0v) is 13.3. The third kappa shape index (κ3) is 3.54. The van der Waals surface area contributed by atoms with Gasteiger partial charge < -0.3 is 9.94 Å². The zero-order valence-electron chi connectivity index (χ0n) is 13.3. The standard InChI is InChI=1S/C18H29NO2/c1-6-10-17(11-7-2)14-16(21-5)15-18(12-8-3,13-9-4)19(17)20/h6-9,16,20H,1-4,10-15H2,5H3. The number of rotatable bonds is 9. The van der Waals surface area contributed by atoms with Crippen molar-refractivity contribution < 1.29 is 9.94 Å². The van der Waals surface area contributed by atoms with Gasteiger partial charge in [-0.2, -0.15) is 5.06 Å². The summed E-state index contributed by atoms with van der Waals surface area (Å²) in [6.45, 7) is 15.4. The minimum absolute atomic E-state index is 0.0909. The first-order valence-electron chi connectivity index (χ1n) is 7.49. The Balaban J connectivity index is 3.29. The van der Waals surface area contributed by atoms with Gasteiger partial charge in [-0.3, -0.25) is 0 Å². The Morgan fingerprint density at radius 2 is 1.29 bits per heavy atom. The van der Waals surface area contributed by atoms with Crippen molar-refractivity contribution in [2.75, 3.05) is 7.11 Å². The van der Waals surface area contributed by atoms with Gasteiger partial charge >= 0.3 is 0 Å². The second kappa shape index (κ2) is 7.74. The van der Waals surface area contributed by atoms with Crippen LogP contribution in [0.4, 0.5) is 0 Å². The largest absolute Gasteiger partial charge is 0.381 e. The molecule has 1 N–H and O–H groups in total. The molecule has 3 nitrogen and oxygen atoms in total. The topological polar surface area (TPSA) is 32.7 Å². The molecule has 0 amide bonds. The van der Waals surface area contributed by atoms with E-state index in [2.05, 4.69) is 26.3 Å². The number of ether oxygens (including phenoxy) is 1.